The molecule has 0 aliphatic heterocycles. The Morgan fingerprint density at radius 2 is 2.33 bits per heavy atom. The van der Waals surface area contributed by atoms with Crippen molar-refractivity contribution in [2.75, 3.05) is 7.05 Å². The normalized spacial score (nSPS) is 15.6. The SMILES string of the molecule is CNC(=O)OC(C)CC(C)(P)c1nccc(C)n1. The topological polar surface area (TPSA) is 64.1 Å². The Labute approximate surface area is 110 Å². The molecule has 0 saturated carbocycles. The highest BCUT2D eigenvalue weighted by molar-refractivity contribution is 7.18. The third kappa shape index (κ3) is 4.22. The van der Waals surface area contributed by atoms with Crippen molar-refractivity contribution in [3.63, 3.8) is 0 Å². The summed E-state index contributed by atoms with van der Waals surface area (Å²) in [6.07, 6.45) is 1.74. The predicted octanol–water partition coefficient (Wildman–Crippen LogP) is 2.01. The monoisotopic (exact) mass is 269 g/mol. The van der Waals surface area contributed by atoms with Gasteiger partial charge in [0.15, 0.2) is 0 Å². The standard InChI is InChI=1S/C12H20N3O2P/c1-8-5-6-14-10(15-8)12(3,18)7-9(2)17-11(16)13-4/h5-6,9H,7,18H2,1-4H3,(H,13,16). The fourth-order valence-electron chi connectivity index (χ4n) is 1.70. The van der Waals surface area contributed by atoms with E-state index in [4.69, 9.17) is 4.74 Å². The number of nitrogens with zero attached hydrogens (tertiary/aromatic N) is 2. The number of aryl methyl sites for hydroxylation is 1. The summed E-state index contributed by atoms with van der Waals surface area (Å²) >= 11 is 0. The molecule has 6 heteroatoms. The summed E-state index contributed by atoms with van der Waals surface area (Å²) in [6.45, 7) is 5.79. The van der Waals surface area contributed by atoms with Crippen LogP contribution in [-0.2, 0) is 9.89 Å². The number of amides is 1. The predicted molar refractivity (Wildman–Crippen MR) is 73.5 cm³/mol. The highest BCUT2D eigenvalue weighted by Gasteiger charge is 2.28. The highest BCUT2D eigenvalue weighted by Crippen LogP contribution is 2.34. The first-order valence-corrected chi connectivity index (χ1v) is 6.40. The lowest BCUT2D eigenvalue weighted by Gasteiger charge is -2.26. The van der Waals surface area contributed by atoms with Gasteiger partial charge in [-0.05, 0) is 26.8 Å². The van der Waals surface area contributed by atoms with Crippen molar-refractivity contribution in [3.8, 4) is 0 Å². The number of alkyl carbamates (subject to hydrolysis) is 1. The molecule has 1 N–H and O–H groups in total. The Kier molecular flexibility index (Phi) is 5.03. The van der Waals surface area contributed by atoms with E-state index in [9.17, 15) is 4.79 Å². The van der Waals surface area contributed by atoms with Crippen LogP contribution in [-0.4, -0.2) is 29.2 Å². The van der Waals surface area contributed by atoms with E-state index in [-0.39, 0.29) is 11.3 Å². The van der Waals surface area contributed by atoms with Crippen LogP contribution in [0.1, 0.15) is 31.8 Å². The van der Waals surface area contributed by atoms with Gasteiger partial charge in [0.05, 0.1) is 0 Å². The lowest BCUT2D eigenvalue weighted by molar-refractivity contribution is 0.0979. The zero-order valence-electron chi connectivity index (χ0n) is 11.2. The maximum absolute atomic E-state index is 11.1. The Morgan fingerprint density at radius 1 is 1.67 bits per heavy atom. The smallest absolute Gasteiger partial charge is 0.407 e. The average molecular weight is 269 g/mol. The summed E-state index contributed by atoms with van der Waals surface area (Å²) in [6, 6.07) is 1.86. The lowest BCUT2D eigenvalue weighted by Crippen LogP contribution is -2.29. The van der Waals surface area contributed by atoms with Gasteiger partial charge in [-0.2, -0.15) is 0 Å². The molecule has 0 aromatic carbocycles. The molecule has 1 aromatic rings. The van der Waals surface area contributed by atoms with Gasteiger partial charge in [0.25, 0.3) is 0 Å². The molecule has 0 fully saturated rings. The molecule has 5 nitrogen and oxygen atoms in total. The maximum atomic E-state index is 11.1. The Morgan fingerprint density at radius 3 is 2.89 bits per heavy atom. The quantitative estimate of drug-likeness (QED) is 0.849. The molecular formula is C12H20N3O2P. The second-order valence-corrected chi connectivity index (χ2v) is 5.88. The van der Waals surface area contributed by atoms with Gasteiger partial charge in [-0.1, -0.05) is 0 Å². The molecule has 1 amide bonds. The molecule has 100 valence electrons. The number of hydrogen-bond acceptors (Lipinski definition) is 4. The summed E-state index contributed by atoms with van der Waals surface area (Å²) in [5.41, 5.74) is 0.925. The van der Waals surface area contributed by atoms with Crippen LogP contribution in [0.4, 0.5) is 4.79 Å². The number of aromatic nitrogens is 2. The summed E-state index contributed by atoms with van der Waals surface area (Å²) in [5.74, 6) is 0.736. The van der Waals surface area contributed by atoms with Crippen molar-refractivity contribution in [1.82, 2.24) is 15.3 Å². The highest BCUT2D eigenvalue weighted by atomic mass is 31.0. The van der Waals surface area contributed by atoms with Crippen molar-refractivity contribution in [3.05, 3.63) is 23.8 Å². The fourth-order valence-corrected chi connectivity index (χ4v) is 2.17. The van der Waals surface area contributed by atoms with Crippen LogP contribution in [0.25, 0.3) is 0 Å². The van der Waals surface area contributed by atoms with Gasteiger partial charge >= 0.3 is 6.09 Å². The summed E-state index contributed by atoms with van der Waals surface area (Å²) in [5, 5.41) is 2.11. The van der Waals surface area contributed by atoms with Gasteiger partial charge in [0.1, 0.15) is 11.9 Å². The van der Waals surface area contributed by atoms with Gasteiger partial charge < -0.3 is 10.1 Å². The Hall–Kier alpha value is -1.22. The third-order valence-corrected chi connectivity index (χ3v) is 3.02. The van der Waals surface area contributed by atoms with Crippen LogP contribution in [0.2, 0.25) is 0 Å². The van der Waals surface area contributed by atoms with Gasteiger partial charge in [-0.25, -0.2) is 14.8 Å². The molecule has 3 unspecified atom stereocenters. The molecule has 0 aliphatic rings. The van der Waals surface area contributed by atoms with E-state index < -0.39 is 6.09 Å². The number of rotatable bonds is 4. The van der Waals surface area contributed by atoms with E-state index in [2.05, 4.69) is 24.5 Å². The van der Waals surface area contributed by atoms with E-state index in [0.717, 1.165) is 11.5 Å². The third-order valence-electron chi connectivity index (χ3n) is 2.53. The molecule has 3 atom stereocenters. The largest absolute Gasteiger partial charge is 0.447 e. The lowest BCUT2D eigenvalue weighted by atomic mass is 10.0. The zero-order chi connectivity index (χ0) is 13.8. The number of carbonyl (C=O) groups excluding carboxylic acids is 1. The van der Waals surface area contributed by atoms with Crippen molar-refractivity contribution >= 4 is 15.3 Å². The molecule has 0 radical (unpaired) electrons. The van der Waals surface area contributed by atoms with Crippen LogP contribution in [0.3, 0.4) is 0 Å². The Bertz CT molecular complexity index is 424. The molecule has 1 rings (SSSR count). The van der Waals surface area contributed by atoms with Crippen LogP contribution in [0, 0.1) is 6.92 Å². The first-order valence-electron chi connectivity index (χ1n) is 5.82. The second-order valence-electron chi connectivity index (χ2n) is 4.61. The van der Waals surface area contributed by atoms with Crippen LogP contribution < -0.4 is 5.32 Å². The molecule has 18 heavy (non-hydrogen) atoms. The summed E-state index contributed by atoms with van der Waals surface area (Å²) in [4.78, 5) is 19.8. The minimum absolute atomic E-state index is 0.212. The minimum atomic E-state index is -0.423. The van der Waals surface area contributed by atoms with E-state index in [0.29, 0.717) is 6.42 Å². The van der Waals surface area contributed by atoms with Crippen LogP contribution >= 0.6 is 9.24 Å². The van der Waals surface area contributed by atoms with Gasteiger partial charge in [-0.3, -0.25) is 0 Å². The first-order chi connectivity index (χ1) is 8.35. The van der Waals surface area contributed by atoms with Crippen molar-refractivity contribution in [1.29, 1.82) is 0 Å². The van der Waals surface area contributed by atoms with Crippen molar-refractivity contribution in [2.24, 2.45) is 0 Å². The number of hydrogen-bond donors (Lipinski definition) is 1. The molecule has 0 spiro atoms. The van der Waals surface area contributed by atoms with E-state index in [1.807, 2.05) is 26.8 Å². The number of nitrogens with one attached hydrogen (secondary N) is 1. The van der Waals surface area contributed by atoms with E-state index in [1.165, 1.54) is 0 Å². The first kappa shape index (κ1) is 14.8. The molecule has 1 aromatic heterocycles. The van der Waals surface area contributed by atoms with Gasteiger partial charge in [0.2, 0.25) is 0 Å². The van der Waals surface area contributed by atoms with Crippen molar-refractivity contribution in [2.45, 2.75) is 38.5 Å². The van der Waals surface area contributed by atoms with E-state index >= 15 is 0 Å². The number of ether oxygens (including phenoxy) is 1. The summed E-state index contributed by atoms with van der Waals surface area (Å²) < 4.78 is 5.17. The molecule has 0 saturated heterocycles. The van der Waals surface area contributed by atoms with Gasteiger partial charge in [-0.15, -0.1) is 9.24 Å². The minimum Gasteiger partial charge on any atom is -0.447 e. The zero-order valence-corrected chi connectivity index (χ0v) is 12.4. The molecule has 0 aliphatic carbocycles. The molecular weight excluding hydrogens is 249 g/mol. The molecule has 0 bridgehead atoms. The van der Waals surface area contributed by atoms with Crippen LogP contribution in [0.15, 0.2) is 12.3 Å². The maximum Gasteiger partial charge on any atom is 0.407 e. The Balaban J connectivity index is 2.72. The average Bonchev–Trinajstić information content (AvgIpc) is 2.28. The van der Waals surface area contributed by atoms with Crippen LogP contribution in [0.5, 0.6) is 0 Å². The van der Waals surface area contributed by atoms with Crippen molar-refractivity contribution < 1.29 is 9.53 Å². The summed E-state index contributed by atoms with van der Waals surface area (Å²) in [7, 11) is 4.28. The van der Waals surface area contributed by atoms with E-state index in [1.54, 1.807) is 13.2 Å². The molecule has 1 heterocycles. The fraction of sp³-hybridized carbons (Fsp3) is 0.583. The van der Waals surface area contributed by atoms with Gasteiger partial charge in [0, 0.05) is 30.5 Å². The second kappa shape index (κ2) is 6.10. The number of carbonyl (C=O) groups is 1.